The molecular weight excluding hydrogens is 218 g/mol. The van der Waals surface area contributed by atoms with Crippen molar-refractivity contribution in [2.75, 3.05) is 13.7 Å². The second kappa shape index (κ2) is 5.82. The Labute approximate surface area is 101 Å². The molecule has 0 spiro atoms. The molecule has 0 aliphatic carbocycles. The van der Waals surface area contributed by atoms with E-state index in [0.29, 0.717) is 13.0 Å². The van der Waals surface area contributed by atoms with Gasteiger partial charge in [0.15, 0.2) is 0 Å². The fourth-order valence-corrected chi connectivity index (χ4v) is 2.05. The van der Waals surface area contributed by atoms with Crippen LogP contribution in [0.4, 0.5) is 0 Å². The van der Waals surface area contributed by atoms with Crippen molar-refractivity contribution in [3.63, 3.8) is 0 Å². The molecule has 0 aromatic carbocycles. The average Bonchev–Trinajstić information content (AvgIpc) is 2.83. The summed E-state index contributed by atoms with van der Waals surface area (Å²) in [7, 11) is 1.82. The second-order valence-corrected chi connectivity index (χ2v) is 4.55. The van der Waals surface area contributed by atoms with Gasteiger partial charge in [0, 0.05) is 32.0 Å². The van der Waals surface area contributed by atoms with E-state index in [9.17, 15) is 4.79 Å². The highest BCUT2D eigenvalue weighted by Gasteiger charge is 2.19. The van der Waals surface area contributed by atoms with Gasteiger partial charge >= 0.3 is 0 Å². The molecule has 1 N–H and O–H groups in total. The van der Waals surface area contributed by atoms with E-state index in [2.05, 4.69) is 10.2 Å². The number of carbonyl (C=O) groups is 1. The number of nitrogens with zero attached hydrogens (tertiary/aromatic N) is 2. The van der Waals surface area contributed by atoms with Crippen LogP contribution in [0.2, 0.25) is 0 Å². The molecule has 2 heterocycles. The average molecular weight is 237 g/mol. The molecule has 0 saturated carbocycles. The maximum atomic E-state index is 12.0. The van der Waals surface area contributed by atoms with Gasteiger partial charge in [-0.15, -0.1) is 0 Å². The molecule has 1 amide bonds. The number of ether oxygens (including phenoxy) is 1. The number of aromatic nitrogens is 2. The quantitative estimate of drug-likeness (QED) is 0.859. The largest absolute Gasteiger partial charge is 0.378 e. The highest BCUT2D eigenvalue weighted by molar-refractivity contribution is 5.76. The molecule has 5 heteroatoms. The third kappa shape index (κ3) is 3.56. The van der Waals surface area contributed by atoms with Crippen LogP contribution in [0.5, 0.6) is 0 Å². The van der Waals surface area contributed by atoms with Gasteiger partial charge in [0.1, 0.15) is 0 Å². The Morgan fingerprint density at radius 1 is 1.65 bits per heavy atom. The first-order valence-corrected chi connectivity index (χ1v) is 6.09. The summed E-state index contributed by atoms with van der Waals surface area (Å²) in [6.07, 6.45) is 7.45. The van der Waals surface area contributed by atoms with E-state index in [0.717, 1.165) is 25.0 Å². The van der Waals surface area contributed by atoms with Gasteiger partial charge in [-0.25, -0.2) is 0 Å². The highest BCUT2D eigenvalue weighted by Crippen LogP contribution is 2.16. The zero-order valence-electron chi connectivity index (χ0n) is 10.2. The van der Waals surface area contributed by atoms with Gasteiger partial charge in [-0.3, -0.25) is 9.89 Å². The van der Waals surface area contributed by atoms with Crippen LogP contribution >= 0.6 is 0 Å². The lowest BCUT2D eigenvalue weighted by atomic mass is 10.1. The van der Waals surface area contributed by atoms with Crippen molar-refractivity contribution in [2.45, 2.75) is 38.3 Å². The van der Waals surface area contributed by atoms with Crippen LogP contribution in [0.3, 0.4) is 0 Å². The predicted molar refractivity (Wildman–Crippen MR) is 63.3 cm³/mol. The van der Waals surface area contributed by atoms with Crippen molar-refractivity contribution in [1.29, 1.82) is 0 Å². The van der Waals surface area contributed by atoms with Gasteiger partial charge in [0.25, 0.3) is 0 Å². The van der Waals surface area contributed by atoms with Gasteiger partial charge < -0.3 is 9.64 Å². The lowest BCUT2D eigenvalue weighted by molar-refractivity contribution is -0.134. The number of amides is 1. The minimum absolute atomic E-state index is 0.114. The van der Waals surface area contributed by atoms with Gasteiger partial charge in [-0.2, -0.15) is 5.10 Å². The topological polar surface area (TPSA) is 58.2 Å². The zero-order chi connectivity index (χ0) is 12.1. The summed E-state index contributed by atoms with van der Waals surface area (Å²) in [5.41, 5.74) is 1.02. The predicted octanol–water partition coefficient (Wildman–Crippen LogP) is 1.33. The minimum Gasteiger partial charge on any atom is -0.378 e. The minimum atomic E-state index is 0.114. The zero-order valence-corrected chi connectivity index (χ0v) is 10.2. The van der Waals surface area contributed by atoms with Crippen molar-refractivity contribution >= 4 is 5.91 Å². The normalized spacial score (nSPS) is 20.2. The van der Waals surface area contributed by atoms with E-state index < -0.39 is 0 Å². The van der Waals surface area contributed by atoms with Crippen LogP contribution in [0.1, 0.15) is 31.2 Å². The highest BCUT2D eigenvalue weighted by atomic mass is 16.5. The van der Waals surface area contributed by atoms with Crippen LogP contribution in [0, 0.1) is 0 Å². The molecule has 2 rings (SSSR count). The first-order chi connectivity index (χ1) is 8.25. The first kappa shape index (κ1) is 12.1. The molecule has 1 unspecified atom stereocenters. The Kier molecular flexibility index (Phi) is 4.14. The Balaban J connectivity index is 1.78. The molecule has 94 valence electrons. The van der Waals surface area contributed by atoms with E-state index in [1.165, 1.54) is 6.42 Å². The number of H-pyrrole nitrogens is 1. The fraction of sp³-hybridized carbons (Fsp3) is 0.667. The van der Waals surface area contributed by atoms with Crippen LogP contribution < -0.4 is 0 Å². The van der Waals surface area contributed by atoms with Crippen molar-refractivity contribution < 1.29 is 9.53 Å². The number of hydrogen-bond donors (Lipinski definition) is 1. The van der Waals surface area contributed by atoms with Gasteiger partial charge in [0.2, 0.25) is 5.91 Å². The SMILES string of the molecule is CN(Cc1cn[nH]c1)C(=O)CC1CCCCO1. The summed E-state index contributed by atoms with van der Waals surface area (Å²) >= 11 is 0. The van der Waals surface area contributed by atoms with Crippen LogP contribution in [-0.4, -0.2) is 40.8 Å². The molecule has 0 bridgehead atoms. The van der Waals surface area contributed by atoms with Gasteiger partial charge in [-0.1, -0.05) is 0 Å². The van der Waals surface area contributed by atoms with Crippen LogP contribution in [0.25, 0.3) is 0 Å². The van der Waals surface area contributed by atoms with E-state index >= 15 is 0 Å². The summed E-state index contributed by atoms with van der Waals surface area (Å²) in [4.78, 5) is 13.7. The van der Waals surface area contributed by atoms with Crippen molar-refractivity contribution in [2.24, 2.45) is 0 Å². The summed E-state index contributed by atoms with van der Waals surface area (Å²) in [5.74, 6) is 0.137. The Morgan fingerprint density at radius 2 is 2.53 bits per heavy atom. The molecule has 1 aliphatic heterocycles. The number of rotatable bonds is 4. The van der Waals surface area contributed by atoms with E-state index in [4.69, 9.17) is 4.74 Å². The van der Waals surface area contributed by atoms with Crippen molar-refractivity contribution in [3.8, 4) is 0 Å². The number of carbonyl (C=O) groups excluding carboxylic acids is 1. The summed E-state index contributed by atoms with van der Waals surface area (Å²) in [6, 6.07) is 0. The molecule has 1 fully saturated rings. The maximum Gasteiger partial charge on any atom is 0.225 e. The molecule has 1 atom stereocenters. The van der Waals surface area contributed by atoms with Crippen molar-refractivity contribution in [3.05, 3.63) is 18.0 Å². The fourth-order valence-electron chi connectivity index (χ4n) is 2.05. The number of aromatic amines is 1. The molecular formula is C12H19N3O2. The van der Waals surface area contributed by atoms with Crippen molar-refractivity contribution in [1.82, 2.24) is 15.1 Å². The lowest BCUT2D eigenvalue weighted by Gasteiger charge is -2.24. The van der Waals surface area contributed by atoms with E-state index in [1.54, 1.807) is 17.3 Å². The number of hydrogen-bond acceptors (Lipinski definition) is 3. The molecule has 1 saturated heterocycles. The standard InChI is InChI=1S/C12H19N3O2/c1-15(9-10-7-13-14-8-10)12(16)6-11-4-2-3-5-17-11/h7-8,11H,2-6,9H2,1H3,(H,13,14). The summed E-state index contributed by atoms with van der Waals surface area (Å²) in [6.45, 7) is 1.39. The first-order valence-electron chi connectivity index (χ1n) is 6.09. The Bertz CT molecular complexity index is 345. The molecule has 1 aromatic rings. The van der Waals surface area contributed by atoms with Gasteiger partial charge in [0.05, 0.1) is 18.7 Å². The summed E-state index contributed by atoms with van der Waals surface area (Å²) < 4.78 is 5.57. The maximum absolute atomic E-state index is 12.0. The monoisotopic (exact) mass is 237 g/mol. The third-order valence-corrected chi connectivity index (χ3v) is 3.08. The Morgan fingerprint density at radius 3 is 3.18 bits per heavy atom. The number of nitrogens with one attached hydrogen (secondary N) is 1. The summed E-state index contributed by atoms with van der Waals surface area (Å²) in [5, 5.41) is 6.61. The smallest absolute Gasteiger partial charge is 0.225 e. The van der Waals surface area contributed by atoms with Crippen LogP contribution in [-0.2, 0) is 16.1 Å². The third-order valence-electron chi connectivity index (χ3n) is 3.08. The van der Waals surface area contributed by atoms with E-state index in [1.807, 2.05) is 7.05 Å². The molecule has 1 aromatic heterocycles. The molecule has 5 nitrogen and oxygen atoms in total. The molecule has 0 radical (unpaired) electrons. The molecule has 17 heavy (non-hydrogen) atoms. The second-order valence-electron chi connectivity index (χ2n) is 4.55. The molecule has 1 aliphatic rings. The van der Waals surface area contributed by atoms with E-state index in [-0.39, 0.29) is 12.0 Å². The van der Waals surface area contributed by atoms with Crippen LogP contribution in [0.15, 0.2) is 12.4 Å². The van der Waals surface area contributed by atoms with Gasteiger partial charge in [-0.05, 0) is 19.3 Å². The Hall–Kier alpha value is -1.36. The lowest BCUT2D eigenvalue weighted by Crippen LogP contribution is -2.31.